The highest BCUT2D eigenvalue weighted by Gasteiger charge is 2.36. The van der Waals surface area contributed by atoms with Gasteiger partial charge in [-0.1, -0.05) is 38.1 Å². The van der Waals surface area contributed by atoms with Crippen molar-refractivity contribution in [2.24, 2.45) is 10.8 Å². The summed E-state index contributed by atoms with van der Waals surface area (Å²) in [5, 5.41) is 18.4. The van der Waals surface area contributed by atoms with Crippen LogP contribution in [-0.2, 0) is 19.1 Å². The van der Waals surface area contributed by atoms with E-state index in [1.807, 2.05) is 76.7 Å². The van der Waals surface area contributed by atoms with E-state index in [1.54, 1.807) is 9.46 Å². The monoisotopic (exact) mass is 796 g/mol. The maximum Gasteiger partial charge on any atom is 0.311 e. The van der Waals surface area contributed by atoms with Gasteiger partial charge in [-0.2, -0.15) is 0 Å². The molecule has 4 aromatic rings. The lowest BCUT2D eigenvalue weighted by molar-refractivity contribution is -0.875. The fraction of sp³-hybridized carbons (Fsp3) is 0.500. The van der Waals surface area contributed by atoms with Crippen LogP contribution in [0.25, 0.3) is 0 Å². The van der Waals surface area contributed by atoms with Gasteiger partial charge in [0.1, 0.15) is 0 Å². The molecule has 9 heterocycles. The second kappa shape index (κ2) is 20.8. The number of carbonyl (C=O) groups excluding carboxylic acids is 2. The minimum Gasteiger partial charge on any atom is -0.465 e. The number of aliphatic hydroxyl groups excluding tert-OH is 2. The molecule has 4 atom stereocenters. The predicted octanol–water partition coefficient (Wildman–Crippen LogP) is 8.28. The summed E-state index contributed by atoms with van der Waals surface area (Å²) in [6.07, 6.45) is 13.2. The first-order valence-electron chi connectivity index (χ1n) is 21.0. The number of hydrogen-bond acceptors (Lipinski definition) is 8. The van der Waals surface area contributed by atoms with Crippen molar-refractivity contribution in [1.29, 1.82) is 0 Å². The van der Waals surface area contributed by atoms with Gasteiger partial charge in [-0.05, 0) is 136 Å². The van der Waals surface area contributed by atoms with Crippen LogP contribution in [0.3, 0.4) is 0 Å². The highest BCUT2D eigenvalue weighted by Crippen LogP contribution is 2.42. The van der Waals surface area contributed by atoms with Gasteiger partial charge < -0.3 is 19.7 Å². The Morgan fingerprint density at radius 3 is 1.21 bits per heavy atom. The number of pyridine rings is 2. The molecule has 8 bridgehead atoms. The maximum atomic E-state index is 13.3. The van der Waals surface area contributed by atoms with Crippen LogP contribution in [0.5, 0.6) is 11.5 Å². The van der Waals surface area contributed by atoms with E-state index in [0.29, 0.717) is 37.2 Å². The molecule has 7 aliphatic rings. The topological polar surface area (TPSA) is 119 Å². The number of benzene rings is 2. The number of aliphatic hydroxyl groups is 2. The van der Waals surface area contributed by atoms with E-state index in [-0.39, 0.29) is 62.0 Å². The Bertz CT molecular complexity index is 1740. The molecule has 2 aromatic heterocycles. The third-order valence-electron chi connectivity index (χ3n) is 11.5. The Kier molecular flexibility index (Phi) is 15.9. The smallest absolute Gasteiger partial charge is 0.311 e. The van der Waals surface area contributed by atoms with Crippen molar-refractivity contribution < 1.29 is 48.4 Å². The van der Waals surface area contributed by atoms with Gasteiger partial charge in [0.05, 0.1) is 24.0 Å². The van der Waals surface area contributed by atoms with Crippen LogP contribution in [0.15, 0.2) is 97.6 Å². The van der Waals surface area contributed by atoms with Crippen molar-refractivity contribution in [2.75, 3.05) is 26.4 Å². The summed E-state index contributed by atoms with van der Waals surface area (Å²) >= 11 is 0. The SMILES string of the molecule is CCC1CC(CC(C)(C)C(=O)OCCCO)c2cc[n+](cc2)Oc2ccc(cc2)C(CC)CC(CC(C)(C)C(=O)OCCCO)c2cc[n+](cc2)Oc2ccc1cc2. The summed E-state index contributed by atoms with van der Waals surface area (Å²) in [7, 11) is 0. The lowest BCUT2D eigenvalue weighted by Crippen LogP contribution is -2.39. The zero-order chi connectivity index (χ0) is 41.7. The van der Waals surface area contributed by atoms with Gasteiger partial charge in [-0.15, -0.1) is 0 Å². The summed E-state index contributed by atoms with van der Waals surface area (Å²) in [5.74, 6) is 1.43. The summed E-state index contributed by atoms with van der Waals surface area (Å²) in [6.45, 7) is 12.5. The molecule has 0 fully saturated rings. The van der Waals surface area contributed by atoms with Gasteiger partial charge in [-0.25, -0.2) is 9.68 Å². The summed E-state index contributed by atoms with van der Waals surface area (Å²) in [4.78, 5) is 39.1. The van der Waals surface area contributed by atoms with Crippen molar-refractivity contribution >= 4 is 11.9 Å². The molecule has 0 radical (unpaired) electrons. The zero-order valence-electron chi connectivity index (χ0n) is 35.3. The van der Waals surface area contributed by atoms with E-state index in [4.69, 9.17) is 19.1 Å². The third kappa shape index (κ3) is 12.1. The van der Waals surface area contributed by atoms with Gasteiger partial charge >= 0.3 is 11.9 Å². The quantitative estimate of drug-likeness (QED) is 0.0744. The first-order chi connectivity index (χ1) is 27.8. The molecule has 4 unspecified atom stereocenters. The van der Waals surface area contributed by atoms with Crippen molar-refractivity contribution in [3.63, 3.8) is 0 Å². The molecule has 11 rings (SSSR count). The molecule has 2 aromatic carbocycles. The van der Waals surface area contributed by atoms with Gasteiger partial charge in [0, 0.05) is 59.8 Å². The highest BCUT2D eigenvalue weighted by atomic mass is 16.7. The molecule has 0 saturated carbocycles. The highest BCUT2D eigenvalue weighted by molar-refractivity contribution is 5.76. The van der Waals surface area contributed by atoms with E-state index in [1.165, 1.54) is 11.1 Å². The molecular weight excluding hydrogens is 733 g/mol. The van der Waals surface area contributed by atoms with Crippen LogP contribution >= 0.6 is 0 Å². The van der Waals surface area contributed by atoms with Gasteiger partial charge in [0.15, 0.2) is 0 Å². The van der Waals surface area contributed by atoms with Crippen LogP contribution in [0.4, 0.5) is 0 Å². The Labute approximate surface area is 344 Å². The molecule has 10 nitrogen and oxygen atoms in total. The molecule has 312 valence electrons. The van der Waals surface area contributed by atoms with Crippen LogP contribution in [-0.4, -0.2) is 48.6 Å². The predicted molar refractivity (Wildman–Crippen MR) is 221 cm³/mol. The number of hydrogen-bond donors (Lipinski definition) is 2. The maximum absolute atomic E-state index is 13.3. The second-order valence-corrected chi connectivity index (χ2v) is 17.0. The Hall–Kier alpha value is -4.80. The standard InChI is InChI=1S/C48H64N2O8/c1-7-35-31-41(33-47(3,4)45(53)55-29-9-27-51)39-19-23-49(24-20-39)58-44-17-13-38(14-18-44)36(8-2)32-42(34-48(5,6)46(54)56-30-10-28-52)40-21-25-50(26-22-40)57-43-15-11-37(35)12-16-43/h11-26,35-36,41-42,51-52H,7-10,27-34H2,1-6H3/q+2. The average Bonchev–Trinajstić information content (AvgIpc) is 3.22. The minimum absolute atomic E-state index is 0.0212. The largest absolute Gasteiger partial charge is 0.465 e. The molecular formula is C48H64N2O8+2. The number of aromatic nitrogens is 2. The van der Waals surface area contributed by atoms with Crippen molar-refractivity contribution in [3.05, 3.63) is 120 Å². The number of ether oxygens (including phenoxy) is 2. The fourth-order valence-corrected chi connectivity index (χ4v) is 8.05. The molecule has 7 aliphatic heterocycles. The van der Waals surface area contributed by atoms with Gasteiger partial charge in [0.2, 0.25) is 36.3 Å². The minimum atomic E-state index is -0.742. The molecule has 0 spiro atoms. The number of nitrogens with zero attached hydrogens (tertiary/aromatic N) is 2. The Morgan fingerprint density at radius 1 is 0.569 bits per heavy atom. The molecule has 58 heavy (non-hydrogen) atoms. The normalized spacial score (nSPS) is 18.6. The molecule has 0 aliphatic carbocycles. The Balaban J connectivity index is 1.48. The Morgan fingerprint density at radius 2 is 0.897 bits per heavy atom. The number of esters is 2. The zero-order valence-corrected chi connectivity index (χ0v) is 35.3. The average molecular weight is 797 g/mol. The van der Waals surface area contributed by atoms with Crippen molar-refractivity contribution in [1.82, 2.24) is 0 Å². The summed E-state index contributed by atoms with van der Waals surface area (Å²) < 4.78 is 14.6. The van der Waals surface area contributed by atoms with Crippen LogP contribution < -0.4 is 19.1 Å². The summed E-state index contributed by atoms with van der Waals surface area (Å²) in [5.41, 5.74) is 3.13. The van der Waals surface area contributed by atoms with Crippen LogP contribution in [0.2, 0.25) is 0 Å². The molecule has 0 saturated heterocycles. The molecule has 2 N–H and O–H groups in total. The lowest BCUT2D eigenvalue weighted by Gasteiger charge is -2.30. The van der Waals surface area contributed by atoms with Gasteiger partial charge in [-0.3, -0.25) is 9.59 Å². The van der Waals surface area contributed by atoms with Crippen molar-refractivity contribution in [3.8, 4) is 11.5 Å². The number of carbonyl (C=O) groups is 2. The lowest BCUT2D eigenvalue weighted by atomic mass is 9.75. The van der Waals surface area contributed by atoms with Crippen molar-refractivity contribution in [2.45, 2.75) is 117 Å². The number of rotatable bonds is 14. The van der Waals surface area contributed by atoms with E-state index < -0.39 is 10.8 Å². The van der Waals surface area contributed by atoms with E-state index in [2.05, 4.69) is 62.4 Å². The van der Waals surface area contributed by atoms with E-state index in [9.17, 15) is 19.8 Å². The first kappa shape index (κ1) is 44.3. The molecule has 0 amide bonds. The fourth-order valence-electron chi connectivity index (χ4n) is 8.05. The van der Waals surface area contributed by atoms with Gasteiger partial charge in [0.25, 0.3) is 0 Å². The second-order valence-electron chi connectivity index (χ2n) is 17.0. The van der Waals surface area contributed by atoms with E-state index >= 15 is 0 Å². The molecule has 10 heteroatoms. The van der Waals surface area contributed by atoms with Crippen LogP contribution in [0.1, 0.15) is 139 Å². The van der Waals surface area contributed by atoms with E-state index in [0.717, 1.165) is 36.8 Å². The first-order valence-corrected chi connectivity index (χ1v) is 21.0. The third-order valence-corrected chi connectivity index (χ3v) is 11.5. The summed E-state index contributed by atoms with van der Waals surface area (Å²) in [6, 6.07) is 24.8. The van der Waals surface area contributed by atoms with Crippen LogP contribution in [0, 0.1) is 10.8 Å².